The molecular formula is C34H34O9. The minimum absolute atomic E-state index is 0.0358. The van der Waals surface area contributed by atoms with Gasteiger partial charge in [-0.3, -0.25) is 0 Å². The topological polar surface area (TPSA) is 118 Å². The lowest BCUT2D eigenvalue weighted by atomic mass is 9.98. The van der Waals surface area contributed by atoms with E-state index in [0.29, 0.717) is 36.5 Å². The summed E-state index contributed by atoms with van der Waals surface area (Å²) in [5, 5.41) is 8.90. The van der Waals surface area contributed by atoms with Gasteiger partial charge >= 0.3 is 17.9 Å². The normalized spacial score (nSPS) is 12.8. The maximum atomic E-state index is 12.9. The second-order valence-electron chi connectivity index (χ2n) is 9.81. The molecule has 0 fully saturated rings. The molecule has 43 heavy (non-hydrogen) atoms. The Bertz CT molecular complexity index is 1490. The first-order chi connectivity index (χ1) is 20.8. The molecule has 3 aromatic carbocycles. The summed E-state index contributed by atoms with van der Waals surface area (Å²) >= 11 is 0. The first kappa shape index (κ1) is 31.1. The Labute approximate surface area is 250 Å². The van der Waals surface area contributed by atoms with Crippen molar-refractivity contribution >= 4 is 17.9 Å². The molecule has 1 atom stereocenters. The van der Waals surface area contributed by atoms with Crippen LogP contribution in [-0.4, -0.2) is 56.0 Å². The lowest BCUT2D eigenvalue weighted by Gasteiger charge is -2.11. The molecule has 0 radical (unpaired) electrons. The van der Waals surface area contributed by atoms with E-state index in [1.54, 1.807) is 30.3 Å². The standard InChI is InChI=1S/C34H34O9/c1-4-32(36)41-18-17-40-25-8-10-26(11-9-25)43-34(38)24-7-13-28-29-14-12-27(20-31(29)23(3)30(28)19-24)39-15-5-6-16-42-33(37)22(2)21-35/h4,7-14,19-20,23,35H,1-2,5-6,15-18,21H2,3H3. The zero-order valence-electron chi connectivity index (χ0n) is 24.0. The molecule has 224 valence electrons. The van der Waals surface area contributed by atoms with Crippen LogP contribution in [0.2, 0.25) is 0 Å². The molecule has 0 spiro atoms. The zero-order chi connectivity index (χ0) is 30.8. The van der Waals surface area contributed by atoms with Gasteiger partial charge in [-0.15, -0.1) is 0 Å². The van der Waals surface area contributed by atoms with Crippen molar-refractivity contribution in [3.8, 4) is 28.4 Å². The van der Waals surface area contributed by atoms with E-state index in [4.69, 9.17) is 28.8 Å². The Morgan fingerprint density at radius 3 is 2.14 bits per heavy atom. The van der Waals surface area contributed by atoms with Crippen molar-refractivity contribution < 1.29 is 43.2 Å². The quantitative estimate of drug-likeness (QED) is 0.108. The zero-order valence-corrected chi connectivity index (χ0v) is 24.0. The molecule has 0 saturated carbocycles. The van der Waals surface area contributed by atoms with Crippen molar-refractivity contribution in [1.29, 1.82) is 0 Å². The molecule has 1 N–H and O–H groups in total. The molecule has 0 amide bonds. The maximum Gasteiger partial charge on any atom is 0.343 e. The minimum Gasteiger partial charge on any atom is -0.494 e. The van der Waals surface area contributed by atoms with Crippen LogP contribution in [-0.2, 0) is 19.1 Å². The highest BCUT2D eigenvalue weighted by Crippen LogP contribution is 2.46. The van der Waals surface area contributed by atoms with E-state index in [1.165, 1.54) is 0 Å². The number of rotatable bonds is 15. The molecule has 1 unspecified atom stereocenters. The van der Waals surface area contributed by atoms with Gasteiger partial charge in [-0.05, 0) is 83.6 Å². The third-order valence-corrected chi connectivity index (χ3v) is 6.85. The van der Waals surface area contributed by atoms with Crippen LogP contribution in [0.5, 0.6) is 17.2 Å². The Kier molecular flexibility index (Phi) is 10.7. The number of fused-ring (bicyclic) bond motifs is 3. The number of esters is 3. The summed E-state index contributed by atoms with van der Waals surface area (Å²) in [4.78, 5) is 35.5. The van der Waals surface area contributed by atoms with E-state index in [9.17, 15) is 14.4 Å². The van der Waals surface area contributed by atoms with Crippen molar-refractivity contribution in [2.24, 2.45) is 0 Å². The van der Waals surface area contributed by atoms with Crippen molar-refractivity contribution in [3.63, 3.8) is 0 Å². The Hall–Kier alpha value is -4.89. The van der Waals surface area contributed by atoms with Gasteiger partial charge in [-0.1, -0.05) is 32.2 Å². The molecule has 4 rings (SSSR count). The average molecular weight is 587 g/mol. The van der Waals surface area contributed by atoms with Crippen molar-refractivity contribution in [3.05, 3.63) is 102 Å². The van der Waals surface area contributed by atoms with Gasteiger partial charge in [0.2, 0.25) is 0 Å². The molecule has 1 aliphatic carbocycles. The number of aliphatic hydroxyl groups is 1. The average Bonchev–Trinajstić information content (AvgIpc) is 3.31. The Morgan fingerprint density at radius 2 is 1.42 bits per heavy atom. The SMILES string of the molecule is C=CC(=O)OCCOc1ccc(OC(=O)c2ccc3c(c2)C(C)c2cc(OCCCCOC(=O)C(=C)CO)ccc2-3)cc1. The molecule has 0 aromatic heterocycles. The molecule has 9 nitrogen and oxygen atoms in total. The summed E-state index contributed by atoms with van der Waals surface area (Å²) in [6.45, 7) is 9.43. The van der Waals surface area contributed by atoms with Crippen molar-refractivity contribution in [2.45, 2.75) is 25.7 Å². The summed E-state index contributed by atoms with van der Waals surface area (Å²) < 4.78 is 26.9. The van der Waals surface area contributed by atoms with E-state index >= 15 is 0 Å². The number of benzene rings is 3. The number of ether oxygens (including phenoxy) is 5. The van der Waals surface area contributed by atoms with Crippen LogP contribution in [0, 0.1) is 0 Å². The van der Waals surface area contributed by atoms with Gasteiger partial charge in [-0.2, -0.15) is 0 Å². The van der Waals surface area contributed by atoms with E-state index in [1.807, 2.05) is 30.3 Å². The number of unbranched alkanes of at least 4 members (excludes halogenated alkanes) is 1. The fourth-order valence-corrected chi connectivity index (χ4v) is 4.55. The Balaban J connectivity index is 1.28. The van der Waals surface area contributed by atoms with Gasteiger partial charge in [0.1, 0.15) is 30.5 Å². The predicted octanol–water partition coefficient (Wildman–Crippen LogP) is 5.40. The highest BCUT2D eigenvalue weighted by molar-refractivity contribution is 5.93. The van der Waals surface area contributed by atoms with Gasteiger partial charge in [0.15, 0.2) is 0 Å². The lowest BCUT2D eigenvalue weighted by molar-refractivity contribution is -0.140. The number of hydrogen-bond donors (Lipinski definition) is 1. The van der Waals surface area contributed by atoms with Gasteiger partial charge in [0.05, 0.1) is 31.0 Å². The third kappa shape index (κ3) is 8.11. The first-order valence-corrected chi connectivity index (χ1v) is 13.9. The highest BCUT2D eigenvalue weighted by Gasteiger charge is 2.27. The summed E-state index contributed by atoms with van der Waals surface area (Å²) in [6, 6.07) is 18.2. The van der Waals surface area contributed by atoms with Crippen LogP contribution in [0.25, 0.3) is 11.1 Å². The molecule has 9 heteroatoms. The first-order valence-electron chi connectivity index (χ1n) is 13.9. The second-order valence-corrected chi connectivity index (χ2v) is 9.81. The largest absolute Gasteiger partial charge is 0.494 e. The van der Waals surface area contributed by atoms with E-state index in [0.717, 1.165) is 34.1 Å². The summed E-state index contributed by atoms with van der Waals surface area (Å²) in [7, 11) is 0. The maximum absolute atomic E-state index is 12.9. The second kappa shape index (κ2) is 14.8. The van der Waals surface area contributed by atoms with Crippen molar-refractivity contribution in [1.82, 2.24) is 0 Å². The van der Waals surface area contributed by atoms with Crippen LogP contribution >= 0.6 is 0 Å². The molecular weight excluding hydrogens is 552 g/mol. The van der Waals surface area contributed by atoms with E-state index < -0.39 is 24.5 Å². The van der Waals surface area contributed by atoms with Gasteiger partial charge in [-0.25, -0.2) is 14.4 Å². The molecule has 1 aliphatic rings. The van der Waals surface area contributed by atoms with Crippen LogP contribution in [0.4, 0.5) is 0 Å². The molecule has 0 heterocycles. The van der Waals surface area contributed by atoms with Gasteiger partial charge in [0.25, 0.3) is 0 Å². The summed E-state index contributed by atoms with van der Waals surface area (Å²) in [5.74, 6) is 0.164. The third-order valence-electron chi connectivity index (χ3n) is 6.85. The smallest absolute Gasteiger partial charge is 0.343 e. The van der Waals surface area contributed by atoms with Crippen LogP contribution < -0.4 is 14.2 Å². The highest BCUT2D eigenvalue weighted by atomic mass is 16.6. The van der Waals surface area contributed by atoms with Crippen LogP contribution in [0.1, 0.15) is 47.2 Å². The fourth-order valence-electron chi connectivity index (χ4n) is 4.55. The summed E-state index contributed by atoms with van der Waals surface area (Å²) in [6.07, 6.45) is 2.41. The number of carbonyl (C=O) groups is 3. The van der Waals surface area contributed by atoms with E-state index in [-0.39, 0.29) is 31.3 Å². The minimum atomic E-state index is -0.588. The van der Waals surface area contributed by atoms with Crippen LogP contribution in [0.3, 0.4) is 0 Å². The number of carbonyl (C=O) groups excluding carboxylic acids is 3. The Morgan fingerprint density at radius 1 is 0.791 bits per heavy atom. The molecule has 0 saturated heterocycles. The summed E-state index contributed by atoms with van der Waals surface area (Å²) in [5.41, 5.74) is 4.80. The predicted molar refractivity (Wildman–Crippen MR) is 159 cm³/mol. The van der Waals surface area contributed by atoms with E-state index in [2.05, 4.69) is 20.1 Å². The number of hydrogen-bond acceptors (Lipinski definition) is 9. The molecule has 0 aliphatic heterocycles. The van der Waals surface area contributed by atoms with Gasteiger partial charge < -0.3 is 28.8 Å². The fraction of sp³-hybridized carbons (Fsp3) is 0.265. The monoisotopic (exact) mass is 586 g/mol. The van der Waals surface area contributed by atoms with Crippen molar-refractivity contribution in [2.75, 3.05) is 33.0 Å². The van der Waals surface area contributed by atoms with Crippen LogP contribution in [0.15, 0.2) is 85.5 Å². The number of aliphatic hydroxyl groups excluding tert-OH is 1. The molecule has 3 aromatic rings. The van der Waals surface area contributed by atoms with Gasteiger partial charge in [0, 0.05) is 12.0 Å². The lowest BCUT2D eigenvalue weighted by Crippen LogP contribution is -2.11. The molecule has 0 bridgehead atoms.